The zero-order valence-corrected chi connectivity index (χ0v) is 24.4. The zero-order valence-electron chi connectivity index (χ0n) is 13.2. The predicted molar refractivity (Wildman–Crippen MR) is 64.7 cm³/mol. The molecule has 0 aliphatic heterocycles. The molecule has 188 valence electrons. The van der Waals surface area contributed by atoms with Crippen LogP contribution >= 0.6 is 0 Å². The van der Waals surface area contributed by atoms with Gasteiger partial charge in [0.1, 0.15) is 0 Å². The Labute approximate surface area is 246 Å². The van der Waals surface area contributed by atoms with E-state index in [9.17, 15) is 77.8 Å². The summed E-state index contributed by atoms with van der Waals surface area (Å²) in [5, 5.41) is 0. The minimum absolute atomic E-state index is 0. The van der Waals surface area contributed by atoms with Gasteiger partial charge in [-0.2, -0.15) is 0 Å². The molecule has 0 fully saturated rings. The van der Waals surface area contributed by atoms with E-state index in [0.717, 1.165) is 0 Å². The first-order chi connectivity index (χ1) is 12.6. The van der Waals surface area contributed by atoms with Crippen LogP contribution in [0.5, 0.6) is 0 Å². The van der Waals surface area contributed by atoms with Gasteiger partial charge in [-0.05, 0) is 0 Å². The summed E-state index contributed by atoms with van der Waals surface area (Å²) in [7, 11) is -31.9. The van der Waals surface area contributed by atoms with Gasteiger partial charge in [-0.15, -0.1) is 26.0 Å². The quantitative estimate of drug-likeness (QED) is 0.0900. The van der Waals surface area contributed by atoms with Crippen molar-refractivity contribution in [3.8, 4) is 0 Å². The third kappa shape index (κ3) is 58.1. The summed E-state index contributed by atoms with van der Waals surface area (Å²) >= 11 is 0. The molecule has 0 rings (SSSR count). The minimum Gasteiger partial charge on any atom is -0.724 e. The van der Waals surface area contributed by atoms with Crippen LogP contribution in [-0.2, 0) is 88.4 Å². The molecule has 0 atom stereocenters. The largest absolute Gasteiger partial charge is 3.00 e. The van der Waals surface area contributed by atoms with Crippen molar-refractivity contribution in [2.45, 2.75) is 0 Å². The van der Waals surface area contributed by atoms with Gasteiger partial charge in [0.05, 0.1) is 0 Å². The van der Waals surface area contributed by atoms with Gasteiger partial charge in [-0.3, -0.25) is 0 Å². The molecule has 0 aromatic carbocycles. The maximum Gasteiger partial charge on any atom is 3.00 e. The van der Waals surface area contributed by atoms with E-state index < -0.39 is 62.4 Å². The average molecular weight is 857 g/mol. The zero-order chi connectivity index (χ0) is 25.2. The first-order valence-corrected chi connectivity index (χ1v) is 12.5. The molecular formula is Ce2O24S6. The normalized spacial score (nSPS) is 12.6. The summed E-state index contributed by atoms with van der Waals surface area (Å²) in [5.41, 5.74) is 0. The molecule has 0 N–H and O–H groups in total. The summed E-state index contributed by atoms with van der Waals surface area (Å²) in [6.07, 6.45) is 0. The van der Waals surface area contributed by atoms with Crippen LogP contribution in [0.4, 0.5) is 0 Å². The maximum absolute atomic E-state index is 9.37. The number of hydrogen-bond donors (Lipinski definition) is 0. The molecule has 0 spiro atoms. The molecule has 32 heavy (non-hydrogen) atoms. The summed E-state index contributed by atoms with van der Waals surface area (Å²) in [5.74, 6) is 0. The Morgan fingerprint density at radius 3 is 0.375 bits per heavy atom. The molecule has 0 unspecified atom stereocenters. The molecule has 0 aromatic rings. The maximum atomic E-state index is 9.37. The van der Waals surface area contributed by atoms with Crippen molar-refractivity contribution >= 4 is 62.4 Å². The molecule has 0 aliphatic rings. The van der Waals surface area contributed by atoms with Crippen molar-refractivity contribution in [3.05, 3.63) is 0 Å². The number of rotatable bonds is 9. The monoisotopic (exact) mass is 856 g/mol. The van der Waals surface area contributed by atoms with Gasteiger partial charge in [0.15, 0.2) is 0 Å². The first kappa shape index (κ1) is 44.0. The molecular weight excluding hydrogens is 857 g/mol. The van der Waals surface area contributed by atoms with E-state index in [1.54, 1.807) is 0 Å². The SMILES string of the molecule is O=S(=O)([O-])OOS(=O)(=O)[O-].O=S(=O)([O-])OOS(=O)(=O)[O-].O=S(=O)([O-])OOS(=O)(=O)[O-].[Ce+3].[Ce+3]. The van der Waals surface area contributed by atoms with Crippen LogP contribution in [0.15, 0.2) is 0 Å². The summed E-state index contributed by atoms with van der Waals surface area (Å²) < 4.78 is 184. The Balaban J connectivity index is -0.000000110. The van der Waals surface area contributed by atoms with Gasteiger partial charge in [0, 0.05) is 0 Å². The third-order valence-corrected chi connectivity index (χ3v) is 2.25. The Morgan fingerprint density at radius 2 is 0.344 bits per heavy atom. The molecule has 2 radical (unpaired) electrons. The molecule has 0 amide bonds. The minimum atomic E-state index is -5.31. The summed E-state index contributed by atoms with van der Waals surface area (Å²) in [4.78, 5) is 0. The smallest absolute Gasteiger partial charge is 0.724 e. The van der Waals surface area contributed by atoms with Crippen LogP contribution in [0, 0.1) is 83.5 Å². The van der Waals surface area contributed by atoms with E-state index in [2.05, 4.69) is 26.0 Å². The van der Waals surface area contributed by atoms with Crippen molar-refractivity contribution in [2.24, 2.45) is 0 Å². The first-order valence-electron chi connectivity index (χ1n) is 4.50. The van der Waals surface area contributed by atoms with E-state index in [0.29, 0.717) is 0 Å². The van der Waals surface area contributed by atoms with Crippen LogP contribution in [-0.4, -0.2) is 77.8 Å². The van der Waals surface area contributed by atoms with Crippen LogP contribution in [0.2, 0.25) is 0 Å². The Hall–Kier alpha value is 1.97. The van der Waals surface area contributed by atoms with Crippen molar-refractivity contribution < 1.29 is 187 Å². The van der Waals surface area contributed by atoms with Gasteiger partial charge >= 0.3 is 83.5 Å². The van der Waals surface area contributed by atoms with E-state index in [1.807, 2.05) is 0 Å². The molecule has 32 heteroatoms. The van der Waals surface area contributed by atoms with Gasteiger partial charge in [0.2, 0.25) is 62.4 Å². The predicted octanol–water partition coefficient (Wildman–Crippen LogP) is -6.43. The molecule has 0 heterocycles. The fourth-order valence-electron chi connectivity index (χ4n) is 0.204. The molecule has 0 aromatic heterocycles. The van der Waals surface area contributed by atoms with Gasteiger partial charge in [0.25, 0.3) is 0 Å². The fraction of sp³-hybridized carbons (Fsp3) is 0. The van der Waals surface area contributed by atoms with Crippen molar-refractivity contribution in [1.29, 1.82) is 0 Å². The Bertz CT molecular complexity index is 893. The van der Waals surface area contributed by atoms with Crippen molar-refractivity contribution in [3.63, 3.8) is 0 Å². The van der Waals surface area contributed by atoms with Crippen LogP contribution in [0.1, 0.15) is 0 Å². The van der Waals surface area contributed by atoms with Crippen molar-refractivity contribution in [1.82, 2.24) is 0 Å². The Morgan fingerprint density at radius 1 is 0.281 bits per heavy atom. The van der Waals surface area contributed by atoms with E-state index in [4.69, 9.17) is 0 Å². The van der Waals surface area contributed by atoms with Crippen molar-refractivity contribution in [2.75, 3.05) is 0 Å². The molecule has 0 aliphatic carbocycles. The van der Waals surface area contributed by atoms with Gasteiger partial charge in [-0.1, -0.05) is 0 Å². The van der Waals surface area contributed by atoms with E-state index in [-0.39, 0.29) is 83.5 Å². The van der Waals surface area contributed by atoms with Gasteiger partial charge < -0.3 is 27.3 Å². The summed E-state index contributed by atoms with van der Waals surface area (Å²) in [6, 6.07) is 0. The van der Waals surface area contributed by atoms with Gasteiger partial charge in [-0.25, -0.2) is 50.5 Å². The molecule has 0 saturated carbocycles. The molecule has 0 bridgehead atoms. The standard InChI is InChI=1S/2Ce.3H2O8S2/c;;3*1-9(2,3)7-8-10(4,5)6/h;;3*(H,1,2,3)(H,4,5,6)/q2*+3;;;/p-6. The number of hydrogen-bond acceptors (Lipinski definition) is 24. The van der Waals surface area contributed by atoms with Crippen LogP contribution < -0.4 is 0 Å². The van der Waals surface area contributed by atoms with E-state index >= 15 is 0 Å². The summed E-state index contributed by atoms with van der Waals surface area (Å²) in [6.45, 7) is 0. The molecule has 0 saturated heterocycles. The van der Waals surface area contributed by atoms with Crippen LogP contribution in [0.25, 0.3) is 0 Å². The van der Waals surface area contributed by atoms with E-state index in [1.165, 1.54) is 0 Å². The molecule has 24 nitrogen and oxygen atoms in total. The second-order valence-corrected chi connectivity index (χ2v) is 8.57. The second kappa shape index (κ2) is 17.4. The second-order valence-electron chi connectivity index (χ2n) is 2.86. The fourth-order valence-corrected chi connectivity index (χ4v) is 1.84. The average Bonchev–Trinajstić information content (AvgIpc) is 2.38. The third-order valence-electron chi connectivity index (χ3n) is 0.583. The Kier molecular flexibility index (Phi) is 24.0. The van der Waals surface area contributed by atoms with Crippen LogP contribution in [0.3, 0.4) is 0 Å². The topological polar surface area (TPSA) is 399 Å².